The SMILES string of the molecule is Cc1cccc(-n2ncc3c(NNC(=O)Cc4cccc5ccccc45)ncnc32)c1. The Morgan fingerprint density at radius 3 is 2.71 bits per heavy atom. The highest BCUT2D eigenvalue weighted by molar-refractivity contribution is 5.92. The highest BCUT2D eigenvalue weighted by Crippen LogP contribution is 2.22. The summed E-state index contributed by atoms with van der Waals surface area (Å²) in [5.41, 5.74) is 9.35. The third kappa shape index (κ3) is 3.69. The van der Waals surface area contributed by atoms with Crippen LogP contribution in [0.2, 0.25) is 0 Å². The van der Waals surface area contributed by atoms with Crippen molar-refractivity contribution in [1.82, 2.24) is 25.2 Å². The van der Waals surface area contributed by atoms with E-state index in [-0.39, 0.29) is 12.3 Å². The van der Waals surface area contributed by atoms with Crippen LogP contribution in [-0.4, -0.2) is 25.7 Å². The minimum absolute atomic E-state index is 0.158. The quantitative estimate of drug-likeness (QED) is 0.430. The summed E-state index contributed by atoms with van der Waals surface area (Å²) in [5, 5.41) is 7.36. The molecule has 0 aliphatic rings. The standard InChI is InChI=1S/C24H20N6O/c1-16-6-4-10-19(12-16)30-24-21(14-27-30)23(25-15-26-24)29-28-22(31)13-18-9-5-8-17-7-2-3-11-20(17)18/h2-12,14-15H,13H2,1H3,(H,28,31)(H,25,26,29). The van der Waals surface area contributed by atoms with E-state index in [4.69, 9.17) is 0 Å². The van der Waals surface area contributed by atoms with Crippen LogP contribution in [0.1, 0.15) is 11.1 Å². The average molecular weight is 408 g/mol. The number of amides is 1. The second-order valence-electron chi connectivity index (χ2n) is 7.34. The van der Waals surface area contributed by atoms with Crippen molar-refractivity contribution in [3.05, 3.63) is 90.4 Å². The van der Waals surface area contributed by atoms with Gasteiger partial charge in [-0.3, -0.25) is 15.6 Å². The lowest BCUT2D eigenvalue weighted by Crippen LogP contribution is -2.31. The van der Waals surface area contributed by atoms with Crippen molar-refractivity contribution in [2.75, 3.05) is 5.43 Å². The molecule has 0 spiro atoms. The van der Waals surface area contributed by atoms with Gasteiger partial charge in [0, 0.05) is 0 Å². The number of aromatic nitrogens is 4. The Morgan fingerprint density at radius 2 is 1.81 bits per heavy atom. The van der Waals surface area contributed by atoms with Gasteiger partial charge in [0.15, 0.2) is 11.5 Å². The van der Waals surface area contributed by atoms with Gasteiger partial charge in [-0.2, -0.15) is 5.10 Å². The molecule has 0 radical (unpaired) electrons. The van der Waals surface area contributed by atoms with Crippen LogP contribution < -0.4 is 10.9 Å². The Hall–Kier alpha value is -4.26. The minimum atomic E-state index is -0.158. The number of rotatable bonds is 5. The summed E-state index contributed by atoms with van der Waals surface area (Å²) in [5.74, 6) is 0.337. The molecular formula is C24H20N6O. The maximum absolute atomic E-state index is 12.6. The number of hydrazine groups is 1. The van der Waals surface area contributed by atoms with Crippen molar-refractivity contribution < 1.29 is 4.79 Å². The van der Waals surface area contributed by atoms with Crippen molar-refractivity contribution in [3.63, 3.8) is 0 Å². The van der Waals surface area contributed by atoms with Gasteiger partial charge >= 0.3 is 0 Å². The van der Waals surface area contributed by atoms with E-state index in [2.05, 4.69) is 25.9 Å². The summed E-state index contributed by atoms with van der Waals surface area (Å²) in [6, 6.07) is 22.0. The minimum Gasteiger partial charge on any atom is -0.281 e. The molecule has 7 nitrogen and oxygen atoms in total. The van der Waals surface area contributed by atoms with Crippen LogP contribution in [0.15, 0.2) is 79.3 Å². The number of carbonyl (C=O) groups is 1. The Balaban J connectivity index is 1.36. The monoisotopic (exact) mass is 408 g/mol. The van der Waals surface area contributed by atoms with Gasteiger partial charge in [0.2, 0.25) is 5.91 Å². The molecule has 0 atom stereocenters. The van der Waals surface area contributed by atoms with Crippen molar-refractivity contribution in [2.45, 2.75) is 13.3 Å². The third-order valence-electron chi connectivity index (χ3n) is 5.16. The summed E-state index contributed by atoms with van der Waals surface area (Å²) in [4.78, 5) is 21.2. The molecule has 0 saturated heterocycles. The van der Waals surface area contributed by atoms with Crippen molar-refractivity contribution in [2.24, 2.45) is 0 Å². The largest absolute Gasteiger partial charge is 0.281 e. The van der Waals surface area contributed by atoms with E-state index >= 15 is 0 Å². The second-order valence-corrected chi connectivity index (χ2v) is 7.34. The number of benzene rings is 3. The summed E-state index contributed by atoms with van der Waals surface area (Å²) in [6.45, 7) is 2.03. The Kier molecular flexibility index (Phi) is 4.76. The van der Waals surface area contributed by atoms with E-state index in [0.717, 1.165) is 33.0 Å². The number of nitrogens with one attached hydrogen (secondary N) is 2. The zero-order valence-electron chi connectivity index (χ0n) is 16.9. The zero-order valence-corrected chi connectivity index (χ0v) is 16.9. The van der Waals surface area contributed by atoms with Gasteiger partial charge in [-0.1, -0.05) is 54.6 Å². The van der Waals surface area contributed by atoms with Gasteiger partial charge in [-0.25, -0.2) is 14.6 Å². The second kappa shape index (κ2) is 7.87. The van der Waals surface area contributed by atoms with Crippen molar-refractivity contribution in [1.29, 1.82) is 0 Å². The fraction of sp³-hybridized carbons (Fsp3) is 0.0833. The number of fused-ring (bicyclic) bond motifs is 2. The number of hydrogen-bond acceptors (Lipinski definition) is 5. The first-order valence-electron chi connectivity index (χ1n) is 9.96. The van der Waals surface area contributed by atoms with Crippen LogP contribution in [0.3, 0.4) is 0 Å². The van der Waals surface area contributed by atoms with Gasteiger partial charge in [0.25, 0.3) is 0 Å². The number of carbonyl (C=O) groups excluding carboxylic acids is 1. The van der Waals surface area contributed by atoms with Crippen LogP contribution in [0.25, 0.3) is 27.5 Å². The summed E-state index contributed by atoms with van der Waals surface area (Å²) >= 11 is 0. The predicted molar refractivity (Wildman–Crippen MR) is 121 cm³/mol. The van der Waals surface area contributed by atoms with E-state index < -0.39 is 0 Å². The first kappa shape index (κ1) is 18.7. The van der Waals surface area contributed by atoms with Crippen molar-refractivity contribution >= 4 is 33.5 Å². The van der Waals surface area contributed by atoms with Crippen LogP contribution in [0, 0.1) is 6.92 Å². The normalized spacial score (nSPS) is 11.0. The first-order valence-corrected chi connectivity index (χ1v) is 9.96. The lowest BCUT2D eigenvalue weighted by molar-refractivity contribution is -0.119. The van der Waals surface area contributed by atoms with Crippen LogP contribution in [-0.2, 0) is 11.2 Å². The molecule has 0 saturated carbocycles. The summed E-state index contributed by atoms with van der Waals surface area (Å²) in [6.07, 6.45) is 3.40. The predicted octanol–water partition coefficient (Wildman–Crippen LogP) is 3.96. The number of hydrogen-bond donors (Lipinski definition) is 2. The fourth-order valence-electron chi connectivity index (χ4n) is 3.69. The summed E-state index contributed by atoms with van der Waals surface area (Å²) in [7, 11) is 0. The van der Waals surface area contributed by atoms with Crippen LogP contribution in [0.5, 0.6) is 0 Å². The molecule has 7 heteroatoms. The molecule has 2 aromatic heterocycles. The highest BCUT2D eigenvalue weighted by Gasteiger charge is 2.12. The maximum Gasteiger partial charge on any atom is 0.242 e. The molecule has 3 aromatic carbocycles. The number of anilines is 1. The van der Waals surface area contributed by atoms with Crippen molar-refractivity contribution in [3.8, 4) is 5.69 Å². The van der Waals surface area contributed by atoms with Gasteiger partial charge in [0.05, 0.1) is 23.7 Å². The smallest absolute Gasteiger partial charge is 0.242 e. The van der Waals surface area contributed by atoms with Gasteiger partial charge in [0.1, 0.15) is 6.33 Å². The molecular weight excluding hydrogens is 388 g/mol. The molecule has 0 aliphatic carbocycles. The van der Waals surface area contributed by atoms with Gasteiger partial charge in [-0.15, -0.1) is 0 Å². The molecule has 2 N–H and O–H groups in total. The first-order chi connectivity index (χ1) is 15.2. The molecule has 5 aromatic rings. The molecule has 0 aliphatic heterocycles. The molecule has 1 amide bonds. The van der Waals surface area contributed by atoms with Gasteiger partial charge < -0.3 is 0 Å². The van der Waals surface area contributed by atoms with E-state index in [1.54, 1.807) is 10.9 Å². The van der Waals surface area contributed by atoms with E-state index in [1.165, 1.54) is 6.33 Å². The highest BCUT2D eigenvalue weighted by atomic mass is 16.2. The average Bonchev–Trinajstić information content (AvgIpc) is 3.23. The van der Waals surface area contributed by atoms with Crippen LogP contribution in [0.4, 0.5) is 5.82 Å². The molecule has 5 rings (SSSR count). The number of aryl methyl sites for hydroxylation is 1. The van der Waals surface area contributed by atoms with E-state index in [0.29, 0.717) is 11.5 Å². The zero-order chi connectivity index (χ0) is 21.2. The fourth-order valence-corrected chi connectivity index (χ4v) is 3.69. The molecule has 152 valence electrons. The van der Waals surface area contributed by atoms with Gasteiger partial charge in [-0.05, 0) is 41.0 Å². The maximum atomic E-state index is 12.6. The van der Waals surface area contributed by atoms with Crippen LogP contribution >= 0.6 is 0 Å². The molecule has 0 unspecified atom stereocenters. The third-order valence-corrected chi connectivity index (χ3v) is 5.16. The lowest BCUT2D eigenvalue weighted by atomic mass is 10.0. The number of nitrogens with zero attached hydrogens (tertiary/aromatic N) is 4. The molecule has 0 bridgehead atoms. The molecule has 2 heterocycles. The lowest BCUT2D eigenvalue weighted by Gasteiger charge is -2.10. The Bertz CT molecular complexity index is 1400. The summed E-state index contributed by atoms with van der Waals surface area (Å²) < 4.78 is 1.76. The Labute approximate surface area is 178 Å². The van der Waals surface area contributed by atoms with E-state index in [9.17, 15) is 4.79 Å². The molecule has 31 heavy (non-hydrogen) atoms. The molecule has 0 fully saturated rings. The topological polar surface area (TPSA) is 84.7 Å². The Morgan fingerprint density at radius 1 is 0.968 bits per heavy atom. The van der Waals surface area contributed by atoms with E-state index in [1.807, 2.05) is 73.7 Å².